The highest BCUT2D eigenvalue weighted by atomic mass is 16.5. The van der Waals surface area contributed by atoms with Gasteiger partial charge in [-0.15, -0.1) is 0 Å². The average Bonchev–Trinajstić information content (AvgIpc) is 3.24. The molecule has 0 fully saturated rings. The van der Waals surface area contributed by atoms with Crippen molar-refractivity contribution in [3.63, 3.8) is 0 Å². The lowest BCUT2D eigenvalue weighted by atomic mass is 10.1. The Morgan fingerprint density at radius 3 is 1.25 bits per heavy atom. The third kappa shape index (κ3) is 14.0. The predicted molar refractivity (Wildman–Crippen MR) is 225 cm³/mol. The minimum atomic E-state index is -0.589. The molecule has 0 spiro atoms. The van der Waals surface area contributed by atoms with Crippen molar-refractivity contribution in [3.8, 4) is 11.5 Å². The largest absolute Gasteiger partial charge is 0.493 e. The molecule has 0 aliphatic heterocycles. The predicted octanol–water partition coefficient (Wildman–Crippen LogP) is 11.1. The lowest BCUT2D eigenvalue weighted by Gasteiger charge is -2.11. The van der Waals surface area contributed by atoms with Gasteiger partial charge in [0, 0.05) is 25.3 Å². The van der Waals surface area contributed by atoms with Crippen LogP contribution in [0.25, 0.3) is 0 Å². The Bertz CT molecular complexity index is 1840. The molecule has 0 unspecified atom stereocenters. The molecular weight excluding hydrogens is 701 g/mol. The fourth-order valence-corrected chi connectivity index (χ4v) is 5.68. The highest BCUT2D eigenvalue weighted by molar-refractivity contribution is 6.03. The smallest absolute Gasteiger partial charge is 0.339 e. The molecule has 5 aromatic carbocycles. The molecule has 5 aromatic rings. The van der Waals surface area contributed by atoms with Gasteiger partial charge in [0.2, 0.25) is 0 Å². The van der Waals surface area contributed by atoms with Gasteiger partial charge in [-0.25, -0.2) is 9.59 Å². The van der Waals surface area contributed by atoms with E-state index in [9.17, 15) is 9.59 Å². The number of hydrogen-bond acceptors (Lipinski definition) is 8. The molecule has 8 heteroatoms. The zero-order valence-electron chi connectivity index (χ0n) is 32.5. The van der Waals surface area contributed by atoms with Crippen LogP contribution in [0.4, 0.5) is 11.4 Å². The van der Waals surface area contributed by atoms with Gasteiger partial charge in [0.25, 0.3) is 0 Å². The standard InChI is InChI=1S/C48H52N2O6/c1-3-5-11-37-15-23-41(24-16-37)49-35-39-19-27-43(28-20-39)53-31-9-33-55-47(51)45-13-7-8-14-46(45)48(52)56-34-10-32-54-44-29-21-40(22-30-44)36-50-42-25-17-38(18-26-42)12-6-4-2/h7-8,13-30,35-36H,3-6,9-12,31-34H2,1-2H3. The Labute approximate surface area is 331 Å². The fourth-order valence-electron chi connectivity index (χ4n) is 5.68. The summed E-state index contributed by atoms with van der Waals surface area (Å²) in [6, 6.07) is 38.5. The number of unbranched alkanes of at least 4 members (excludes halogenated alkanes) is 2. The van der Waals surface area contributed by atoms with Crippen LogP contribution in [0.2, 0.25) is 0 Å². The number of ether oxygens (including phenoxy) is 4. The molecule has 0 aliphatic rings. The number of carbonyl (C=O) groups excluding carboxylic acids is 2. The van der Waals surface area contributed by atoms with E-state index in [1.54, 1.807) is 24.3 Å². The molecule has 0 saturated heterocycles. The average molecular weight is 753 g/mol. The molecule has 290 valence electrons. The Kier molecular flexibility index (Phi) is 16.9. The van der Waals surface area contributed by atoms with Gasteiger partial charge in [-0.2, -0.15) is 0 Å². The van der Waals surface area contributed by atoms with E-state index in [1.807, 2.05) is 85.2 Å². The quantitative estimate of drug-likeness (QED) is 0.0397. The van der Waals surface area contributed by atoms with E-state index in [2.05, 4.69) is 48.1 Å². The van der Waals surface area contributed by atoms with Crippen LogP contribution in [0, 0.1) is 0 Å². The van der Waals surface area contributed by atoms with Gasteiger partial charge < -0.3 is 18.9 Å². The first-order chi connectivity index (χ1) is 27.5. The lowest BCUT2D eigenvalue weighted by Crippen LogP contribution is -2.16. The summed E-state index contributed by atoms with van der Waals surface area (Å²) in [7, 11) is 0. The van der Waals surface area contributed by atoms with Crippen LogP contribution in [0.1, 0.15) is 95.3 Å². The Hall–Kier alpha value is -6.02. The minimum Gasteiger partial charge on any atom is -0.493 e. The molecule has 0 radical (unpaired) electrons. The van der Waals surface area contributed by atoms with E-state index < -0.39 is 11.9 Å². The van der Waals surface area contributed by atoms with Crippen molar-refractivity contribution >= 4 is 35.7 Å². The number of aryl methyl sites for hydroxylation is 2. The summed E-state index contributed by atoms with van der Waals surface area (Å²) in [6.07, 6.45) is 11.6. The zero-order valence-corrected chi connectivity index (χ0v) is 32.5. The van der Waals surface area contributed by atoms with Crippen molar-refractivity contribution in [1.82, 2.24) is 0 Å². The van der Waals surface area contributed by atoms with Gasteiger partial charge in [-0.1, -0.05) is 63.1 Å². The van der Waals surface area contributed by atoms with Crippen molar-refractivity contribution in [2.24, 2.45) is 9.98 Å². The van der Waals surface area contributed by atoms with E-state index >= 15 is 0 Å². The first kappa shape index (κ1) is 41.1. The van der Waals surface area contributed by atoms with Crippen LogP contribution in [-0.4, -0.2) is 50.8 Å². The van der Waals surface area contributed by atoms with E-state index in [1.165, 1.54) is 36.8 Å². The van der Waals surface area contributed by atoms with Crippen molar-refractivity contribution in [2.75, 3.05) is 26.4 Å². The third-order valence-corrected chi connectivity index (χ3v) is 8.94. The van der Waals surface area contributed by atoms with Crippen molar-refractivity contribution in [2.45, 2.75) is 65.2 Å². The summed E-state index contributed by atoms with van der Waals surface area (Å²) >= 11 is 0. The normalized spacial score (nSPS) is 11.2. The van der Waals surface area contributed by atoms with E-state index in [4.69, 9.17) is 18.9 Å². The SMILES string of the molecule is CCCCc1ccc(N=Cc2ccc(OCCCOC(=O)c3ccccc3C(=O)OCCCOc3ccc(C=Nc4ccc(CCCC)cc4)cc3)cc2)cc1. The first-order valence-corrected chi connectivity index (χ1v) is 19.7. The summed E-state index contributed by atoms with van der Waals surface area (Å²) in [6.45, 7) is 5.41. The molecular formula is C48H52N2O6. The number of rotatable bonds is 22. The first-order valence-electron chi connectivity index (χ1n) is 19.7. The number of hydrogen-bond donors (Lipinski definition) is 0. The molecule has 8 nitrogen and oxygen atoms in total. The number of benzene rings is 5. The fraction of sp³-hybridized carbons (Fsp3) is 0.292. The molecule has 0 heterocycles. The highest BCUT2D eigenvalue weighted by Gasteiger charge is 2.19. The molecule has 0 amide bonds. The Morgan fingerprint density at radius 2 is 0.875 bits per heavy atom. The number of nitrogens with zero attached hydrogens (tertiary/aromatic N) is 2. The second-order valence-corrected chi connectivity index (χ2v) is 13.4. The van der Waals surface area contributed by atoms with Crippen molar-refractivity contribution in [1.29, 1.82) is 0 Å². The topological polar surface area (TPSA) is 95.8 Å². The van der Waals surface area contributed by atoms with E-state index in [0.29, 0.717) is 37.6 Å². The maximum absolute atomic E-state index is 12.9. The minimum absolute atomic E-state index is 0.141. The number of aliphatic imine (C=N–C) groups is 2. The molecule has 56 heavy (non-hydrogen) atoms. The van der Waals surface area contributed by atoms with Crippen LogP contribution < -0.4 is 9.47 Å². The number of esters is 2. The van der Waals surface area contributed by atoms with Gasteiger partial charge in [0.15, 0.2) is 0 Å². The summed E-state index contributed by atoms with van der Waals surface area (Å²) in [5.41, 5.74) is 6.76. The van der Waals surface area contributed by atoms with Gasteiger partial charge in [-0.3, -0.25) is 9.98 Å². The van der Waals surface area contributed by atoms with Crippen LogP contribution in [0.5, 0.6) is 11.5 Å². The van der Waals surface area contributed by atoms with Gasteiger partial charge in [-0.05, 0) is 133 Å². The maximum atomic E-state index is 12.9. The molecule has 0 bridgehead atoms. The number of carbonyl (C=O) groups is 2. The molecule has 0 aliphatic carbocycles. The van der Waals surface area contributed by atoms with Crippen LogP contribution in [-0.2, 0) is 22.3 Å². The van der Waals surface area contributed by atoms with Crippen LogP contribution in [0.3, 0.4) is 0 Å². The molecule has 0 atom stereocenters. The molecule has 0 saturated carbocycles. The molecule has 0 aromatic heterocycles. The Balaban J connectivity index is 0.961. The van der Waals surface area contributed by atoms with Crippen LogP contribution in [0.15, 0.2) is 131 Å². The van der Waals surface area contributed by atoms with E-state index in [-0.39, 0.29) is 24.3 Å². The van der Waals surface area contributed by atoms with Crippen molar-refractivity contribution < 1.29 is 28.5 Å². The maximum Gasteiger partial charge on any atom is 0.339 e. The monoisotopic (exact) mass is 752 g/mol. The second kappa shape index (κ2) is 23.0. The molecule has 5 rings (SSSR count). The van der Waals surface area contributed by atoms with Gasteiger partial charge in [0.1, 0.15) is 11.5 Å². The lowest BCUT2D eigenvalue weighted by molar-refractivity contribution is 0.0438. The van der Waals surface area contributed by atoms with Crippen molar-refractivity contribution in [3.05, 3.63) is 155 Å². The molecule has 0 N–H and O–H groups in total. The van der Waals surface area contributed by atoms with Gasteiger partial charge in [0.05, 0.1) is 48.9 Å². The summed E-state index contributed by atoms with van der Waals surface area (Å²) in [4.78, 5) is 34.9. The summed E-state index contributed by atoms with van der Waals surface area (Å²) < 4.78 is 22.6. The highest BCUT2D eigenvalue weighted by Crippen LogP contribution is 2.19. The zero-order chi connectivity index (χ0) is 39.2. The van der Waals surface area contributed by atoms with E-state index in [0.717, 1.165) is 35.3 Å². The summed E-state index contributed by atoms with van der Waals surface area (Å²) in [5.74, 6) is 0.249. The third-order valence-electron chi connectivity index (χ3n) is 8.94. The second-order valence-electron chi connectivity index (χ2n) is 13.4. The Morgan fingerprint density at radius 1 is 0.482 bits per heavy atom. The van der Waals surface area contributed by atoms with Crippen LogP contribution >= 0.6 is 0 Å². The van der Waals surface area contributed by atoms with Gasteiger partial charge >= 0.3 is 11.9 Å². The summed E-state index contributed by atoms with van der Waals surface area (Å²) in [5, 5.41) is 0.